The number of hydrogen-bond acceptors (Lipinski definition) is 0. The molecule has 0 N–H and O–H groups in total. The zero-order valence-corrected chi connectivity index (χ0v) is 27.7. The van der Waals surface area contributed by atoms with Gasteiger partial charge in [0.2, 0.25) is 0 Å². The third-order valence-corrected chi connectivity index (χ3v) is 11.7. The van der Waals surface area contributed by atoms with Crippen molar-refractivity contribution in [3.05, 3.63) is 204 Å². The Balaban J connectivity index is 1.19. The smallest absolute Gasteiger partial charge is 0.0746 e. The molecule has 2 nitrogen and oxygen atoms in total. The summed E-state index contributed by atoms with van der Waals surface area (Å²) in [5.74, 6) is 0. The average Bonchev–Trinajstić information content (AvgIpc) is 3.90. The van der Waals surface area contributed by atoms with Crippen molar-refractivity contribution >= 4 is 43.6 Å². The molecule has 2 aliphatic carbocycles. The van der Waals surface area contributed by atoms with Gasteiger partial charge in [0.15, 0.2) is 0 Å². The molecule has 0 bridgehead atoms. The van der Waals surface area contributed by atoms with Crippen LogP contribution in [0.25, 0.3) is 77.2 Å². The number of hydrogen-bond donors (Lipinski definition) is 0. The zero-order chi connectivity index (χ0) is 33.3. The molecular weight excluding hydrogens is 617 g/mol. The lowest BCUT2D eigenvalue weighted by Gasteiger charge is -2.31. The Hall–Kier alpha value is -6.64. The van der Waals surface area contributed by atoms with Gasteiger partial charge in [-0.25, -0.2) is 0 Å². The minimum Gasteiger partial charge on any atom is -0.309 e. The number of benzene rings is 8. The van der Waals surface area contributed by atoms with E-state index in [1.54, 1.807) is 0 Å². The van der Waals surface area contributed by atoms with Crippen LogP contribution in [0.4, 0.5) is 0 Å². The van der Waals surface area contributed by atoms with Crippen LogP contribution < -0.4 is 0 Å². The summed E-state index contributed by atoms with van der Waals surface area (Å²) in [7, 11) is 0. The number of aromatic nitrogens is 2. The Morgan fingerprint density at radius 2 is 0.686 bits per heavy atom. The Labute approximate surface area is 295 Å². The largest absolute Gasteiger partial charge is 0.309 e. The molecule has 1 spiro atoms. The van der Waals surface area contributed by atoms with E-state index in [2.05, 4.69) is 191 Å². The highest BCUT2D eigenvalue weighted by Crippen LogP contribution is 2.64. The van der Waals surface area contributed by atoms with Gasteiger partial charge in [-0.15, -0.1) is 0 Å². The summed E-state index contributed by atoms with van der Waals surface area (Å²) in [5, 5.41) is 5.10. The maximum absolute atomic E-state index is 2.54. The molecule has 0 saturated carbocycles. The Kier molecular flexibility index (Phi) is 5.20. The summed E-state index contributed by atoms with van der Waals surface area (Å²) in [4.78, 5) is 0. The van der Waals surface area contributed by atoms with Gasteiger partial charge in [0.25, 0.3) is 0 Å². The molecule has 51 heavy (non-hydrogen) atoms. The van der Waals surface area contributed by atoms with Crippen molar-refractivity contribution in [1.82, 2.24) is 9.13 Å². The Morgan fingerprint density at radius 3 is 1.22 bits per heavy atom. The first-order valence-electron chi connectivity index (χ1n) is 17.8. The van der Waals surface area contributed by atoms with Gasteiger partial charge in [-0.3, -0.25) is 0 Å². The van der Waals surface area contributed by atoms with Crippen LogP contribution in [-0.2, 0) is 5.41 Å². The molecule has 2 heterocycles. The minimum atomic E-state index is -0.437. The van der Waals surface area contributed by atoms with E-state index in [0.29, 0.717) is 0 Å². The molecule has 0 saturated heterocycles. The molecule has 2 aromatic heterocycles. The van der Waals surface area contributed by atoms with Gasteiger partial charge in [-0.2, -0.15) is 0 Å². The molecule has 0 unspecified atom stereocenters. The lowest BCUT2D eigenvalue weighted by molar-refractivity contribution is 0.797. The second-order valence-electron chi connectivity index (χ2n) is 14.0. The SMILES string of the molecule is c1ccc2c(c1)-c1ccccc1C21c2ccccc2-c2ccc3c4ccccc4n(-c4ccc(-n5c6ccccc6c6ccccc65)cc4)c3c21. The maximum Gasteiger partial charge on any atom is 0.0746 e. The predicted molar refractivity (Wildman–Crippen MR) is 211 cm³/mol. The van der Waals surface area contributed by atoms with Crippen molar-refractivity contribution < 1.29 is 0 Å². The molecule has 0 fully saturated rings. The highest BCUT2D eigenvalue weighted by atomic mass is 15.0. The number of nitrogens with zero attached hydrogens (tertiary/aromatic N) is 2. The fourth-order valence-electron chi connectivity index (χ4n) is 9.86. The van der Waals surface area contributed by atoms with E-state index in [9.17, 15) is 0 Å². The molecule has 0 amide bonds. The summed E-state index contributed by atoms with van der Waals surface area (Å²) >= 11 is 0. The van der Waals surface area contributed by atoms with Gasteiger partial charge >= 0.3 is 0 Å². The number of rotatable bonds is 2. The average molecular weight is 647 g/mol. The minimum absolute atomic E-state index is 0.437. The standard InChI is InChI=1S/C49H30N2/c1-7-19-41-33(13-1)34-14-2-8-20-42(34)49(41)43-21-9-3-15-35(43)39-29-30-40-38-18-6-12-24-46(38)51(48(40)47(39)49)32-27-25-31(26-28-32)50-44-22-10-4-16-36(44)37-17-5-11-23-45(37)50/h1-30H. The first-order valence-corrected chi connectivity index (χ1v) is 17.8. The van der Waals surface area contributed by atoms with E-state index in [0.717, 1.165) is 11.4 Å². The van der Waals surface area contributed by atoms with Crippen LogP contribution >= 0.6 is 0 Å². The molecular formula is C49H30N2. The van der Waals surface area contributed by atoms with E-state index in [4.69, 9.17) is 0 Å². The molecule has 10 aromatic rings. The van der Waals surface area contributed by atoms with Gasteiger partial charge in [0.1, 0.15) is 0 Å². The summed E-state index contributed by atoms with van der Waals surface area (Å²) in [6.45, 7) is 0. The van der Waals surface area contributed by atoms with E-state index >= 15 is 0 Å². The highest BCUT2D eigenvalue weighted by molar-refractivity contribution is 6.15. The van der Waals surface area contributed by atoms with E-state index < -0.39 is 5.41 Å². The Bertz CT molecular complexity index is 2960. The predicted octanol–water partition coefficient (Wildman–Crippen LogP) is 12.2. The van der Waals surface area contributed by atoms with Crippen molar-refractivity contribution in [3.8, 4) is 33.6 Å². The van der Waals surface area contributed by atoms with E-state index in [-0.39, 0.29) is 0 Å². The molecule has 0 aliphatic heterocycles. The summed E-state index contributed by atoms with van der Waals surface area (Å²) in [6, 6.07) is 67.6. The second kappa shape index (κ2) is 9.74. The molecule has 12 rings (SSSR count). The van der Waals surface area contributed by atoms with Crippen LogP contribution in [0.3, 0.4) is 0 Å². The zero-order valence-electron chi connectivity index (χ0n) is 27.7. The van der Waals surface area contributed by atoms with Crippen molar-refractivity contribution in [2.24, 2.45) is 0 Å². The third kappa shape index (κ3) is 3.28. The van der Waals surface area contributed by atoms with Crippen molar-refractivity contribution in [2.45, 2.75) is 5.41 Å². The first kappa shape index (κ1) is 27.2. The molecule has 2 heteroatoms. The quantitative estimate of drug-likeness (QED) is 0.177. The van der Waals surface area contributed by atoms with Gasteiger partial charge in [-0.05, 0) is 81.4 Å². The van der Waals surface area contributed by atoms with E-state index in [1.165, 1.54) is 88.1 Å². The van der Waals surface area contributed by atoms with Crippen LogP contribution in [0.5, 0.6) is 0 Å². The molecule has 0 atom stereocenters. The molecule has 236 valence electrons. The van der Waals surface area contributed by atoms with Crippen molar-refractivity contribution in [1.29, 1.82) is 0 Å². The fourth-order valence-corrected chi connectivity index (χ4v) is 9.86. The van der Waals surface area contributed by atoms with E-state index in [1.807, 2.05) is 0 Å². The number of para-hydroxylation sites is 3. The van der Waals surface area contributed by atoms with Gasteiger partial charge in [0.05, 0.1) is 27.5 Å². The van der Waals surface area contributed by atoms with Crippen LogP contribution in [-0.4, -0.2) is 9.13 Å². The third-order valence-electron chi connectivity index (χ3n) is 11.7. The molecule has 2 aliphatic rings. The second-order valence-corrected chi connectivity index (χ2v) is 14.0. The van der Waals surface area contributed by atoms with Gasteiger partial charge in [0, 0.05) is 38.5 Å². The van der Waals surface area contributed by atoms with Crippen LogP contribution in [0.2, 0.25) is 0 Å². The summed E-state index contributed by atoms with van der Waals surface area (Å²) in [5.41, 5.74) is 17.6. The van der Waals surface area contributed by atoms with Crippen LogP contribution in [0.1, 0.15) is 22.3 Å². The van der Waals surface area contributed by atoms with Crippen molar-refractivity contribution in [2.75, 3.05) is 0 Å². The monoisotopic (exact) mass is 646 g/mol. The number of fused-ring (bicyclic) bond motifs is 17. The normalized spacial score (nSPS) is 13.6. The lowest BCUT2D eigenvalue weighted by Crippen LogP contribution is -2.26. The highest BCUT2D eigenvalue weighted by Gasteiger charge is 2.53. The first-order chi connectivity index (χ1) is 25.3. The van der Waals surface area contributed by atoms with Crippen LogP contribution in [0, 0.1) is 0 Å². The Morgan fingerprint density at radius 1 is 0.294 bits per heavy atom. The summed E-state index contributed by atoms with van der Waals surface area (Å²) < 4.78 is 4.94. The summed E-state index contributed by atoms with van der Waals surface area (Å²) in [6.07, 6.45) is 0. The lowest BCUT2D eigenvalue weighted by atomic mass is 9.70. The van der Waals surface area contributed by atoms with Gasteiger partial charge < -0.3 is 9.13 Å². The topological polar surface area (TPSA) is 9.86 Å². The maximum atomic E-state index is 2.54. The molecule has 8 aromatic carbocycles. The molecule has 0 radical (unpaired) electrons. The van der Waals surface area contributed by atoms with Crippen LogP contribution in [0.15, 0.2) is 182 Å². The van der Waals surface area contributed by atoms with Gasteiger partial charge in [-0.1, -0.05) is 140 Å². The fraction of sp³-hybridized carbons (Fsp3) is 0.0204. The van der Waals surface area contributed by atoms with Crippen molar-refractivity contribution in [3.63, 3.8) is 0 Å².